The Bertz CT molecular complexity index is 684. The first-order chi connectivity index (χ1) is 13.0. The largest absolute Gasteiger partial charge is 0.435 e. The predicted molar refractivity (Wildman–Crippen MR) is 94.0 cm³/mol. The molecule has 4 aliphatic carbocycles. The summed E-state index contributed by atoms with van der Waals surface area (Å²) in [7, 11) is -5.49. The fourth-order valence-corrected chi connectivity index (χ4v) is 5.43. The quantitative estimate of drug-likeness (QED) is 0.189. The second-order valence-electron chi connectivity index (χ2n) is 8.31. The summed E-state index contributed by atoms with van der Waals surface area (Å²) in [5, 5.41) is -4.31. The van der Waals surface area contributed by atoms with Gasteiger partial charge in [0, 0.05) is 0 Å². The molecule has 10 heteroatoms. The maximum atomic E-state index is 13.0. The van der Waals surface area contributed by atoms with Gasteiger partial charge in [-0.1, -0.05) is 6.58 Å². The van der Waals surface area contributed by atoms with Crippen molar-refractivity contribution in [1.82, 2.24) is 0 Å². The van der Waals surface area contributed by atoms with E-state index in [0.717, 1.165) is 19.3 Å². The molecule has 0 saturated heterocycles. The minimum Gasteiger partial charge on any atom is -0.435 e. The third kappa shape index (κ3) is 4.90. The maximum Gasteiger partial charge on any atom is 0.372 e. The van der Waals surface area contributed by atoms with Gasteiger partial charge in [0.25, 0.3) is 0 Å². The SMILES string of the molecule is C=C(COCCC(F)(F)S(=O)(=O)O)C(=O)OCOC12CC3CC(CC(C3)C1)C2. The molecule has 160 valence electrons. The molecule has 4 saturated carbocycles. The number of hydrogen-bond acceptors (Lipinski definition) is 6. The van der Waals surface area contributed by atoms with E-state index in [2.05, 4.69) is 6.58 Å². The van der Waals surface area contributed by atoms with E-state index in [1.165, 1.54) is 19.3 Å². The Kier molecular flexibility index (Phi) is 6.15. The fraction of sp³-hybridized carbons (Fsp3) is 0.833. The predicted octanol–water partition coefficient (Wildman–Crippen LogP) is 2.92. The highest BCUT2D eigenvalue weighted by molar-refractivity contribution is 7.86. The minimum absolute atomic E-state index is 0.0933. The normalized spacial score (nSPS) is 31.8. The van der Waals surface area contributed by atoms with Gasteiger partial charge in [-0.3, -0.25) is 4.55 Å². The Morgan fingerprint density at radius 1 is 1.14 bits per heavy atom. The Hall–Kier alpha value is -1.10. The van der Waals surface area contributed by atoms with E-state index in [0.29, 0.717) is 17.8 Å². The van der Waals surface area contributed by atoms with Gasteiger partial charge in [-0.05, 0) is 56.3 Å². The second kappa shape index (κ2) is 7.97. The van der Waals surface area contributed by atoms with E-state index >= 15 is 0 Å². The first-order valence-electron chi connectivity index (χ1n) is 9.41. The molecule has 0 heterocycles. The molecule has 0 atom stereocenters. The Morgan fingerprint density at radius 2 is 1.68 bits per heavy atom. The van der Waals surface area contributed by atoms with E-state index in [-0.39, 0.29) is 18.0 Å². The Labute approximate surface area is 163 Å². The van der Waals surface area contributed by atoms with Crippen LogP contribution in [0, 0.1) is 17.8 Å². The number of hydrogen-bond donors (Lipinski definition) is 1. The van der Waals surface area contributed by atoms with Crippen LogP contribution in [0.25, 0.3) is 0 Å². The van der Waals surface area contributed by atoms with Crippen molar-refractivity contribution in [1.29, 1.82) is 0 Å². The third-order valence-corrected chi connectivity index (χ3v) is 6.98. The zero-order valence-electron chi connectivity index (χ0n) is 15.6. The van der Waals surface area contributed by atoms with E-state index in [9.17, 15) is 22.0 Å². The standard InChI is InChI=1S/C18H26F2O7S/c1-12(10-25-3-2-18(19,20)28(22,23)24)16(21)26-11-27-17-7-13-4-14(8-17)6-15(5-13)9-17/h13-15H,1-11H2,(H,22,23,24). The Morgan fingerprint density at radius 3 is 2.18 bits per heavy atom. The van der Waals surface area contributed by atoms with Crippen molar-refractivity contribution in [3.63, 3.8) is 0 Å². The molecule has 0 radical (unpaired) electrons. The van der Waals surface area contributed by atoms with Crippen molar-refractivity contribution in [3.8, 4) is 0 Å². The molecule has 7 nitrogen and oxygen atoms in total. The van der Waals surface area contributed by atoms with Gasteiger partial charge in [-0.2, -0.15) is 17.2 Å². The molecule has 0 aromatic rings. The van der Waals surface area contributed by atoms with Gasteiger partial charge in [-0.15, -0.1) is 0 Å². The number of alkyl halides is 2. The average molecular weight is 424 g/mol. The van der Waals surface area contributed by atoms with E-state index < -0.39 is 41.0 Å². The van der Waals surface area contributed by atoms with Crippen LogP contribution in [0.1, 0.15) is 44.9 Å². The summed E-state index contributed by atoms with van der Waals surface area (Å²) < 4.78 is 71.3. The number of carbonyl (C=O) groups excluding carboxylic acids is 1. The first kappa shape index (κ1) is 21.6. The molecule has 4 rings (SSSR count). The highest BCUT2D eigenvalue weighted by atomic mass is 32.2. The number of ether oxygens (including phenoxy) is 3. The molecule has 0 unspecified atom stereocenters. The first-order valence-corrected chi connectivity index (χ1v) is 10.9. The van der Waals surface area contributed by atoms with Crippen molar-refractivity contribution < 1.29 is 40.8 Å². The zero-order chi connectivity index (χ0) is 20.6. The number of rotatable bonds is 10. The van der Waals surface area contributed by atoms with Crippen LogP contribution >= 0.6 is 0 Å². The summed E-state index contributed by atoms with van der Waals surface area (Å²) in [6.45, 7) is 2.21. The molecule has 4 bridgehead atoms. The van der Waals surface area contributed by atoms with Gasteiger partial charge in [-0.25, -0.2) is 4.79 Å². The molecule has 0 amide bonds. The third-order valence-electron chi connectivity index (χ3n) is 6.02. The molecule has 4 aliphatic rings. The summed E-state index contributed by atoms with van der Waals surface area (Å²) in [5.41, 5.74) is -0.293. The molecular weight excluding hydrogens is 398 g/mol. The second-order valence-corrected chi connectivity index (χ2v) is 9.86. The van der Waals surface area contributed by atoms with Crippen molar-refractivity contribution in [3.05, 3.63) is 12.2 Å². The monoisotopic (exact) mass is 424 g/mol. The topological polar surface area (TPSA) is 99.1 Å². The number of carbonyl (C=O) groups is 1. The van der Waals surface area contributed by atoms with Crippen molar-refractivity contribution >= 4 is 16.1 Å². The van der Waals surface area contributed by atoms with Crippen LogP contribution in [0.5, 0.6) is 0 Å². The number of esters is 1. The summed E-state index contributed by atoms with van der Waals surface area (Å²) in [6, 6.07) is 0. The van der Waals surface area contributed by atoms with Crippen LogP contribution in [-0.4, -0.2) is 49.8 Å². The van der Waals surface area contributed by atoms with Crippen LogP contribution in [0.15, 0.2) is 12.2 Å². The van der Waals surface area contributed by atoms with Gasteiger partial charge in [0.2, 0.25) is 0 Å². The smallest absolute Gasteiger partial charge is 0.372 e. The van der Waals surface area contributed by atoms with Gasteiger partial charge in [0.1, 0.15) is 0 Å². The Balaban J connectivity index is 1.34. The average Bonchev–Trinajstić information content (AvgIpc) is 2.56. The molecule has 0 aliphatic heterocycles. The van der Waals surface area contributed by atoms with Crippen molar-refractivity contribution in [2.24, 2.45) is 17.8 Å². The molecule has 1 N–H and O–H groups in total. The molecule has 0 aromatic carbocycles. The van der Waals surface area contributed by atoms with Crippen LogP contribution in [0.3, 0.4) is 0 Å². The lowest BCUT2D eigenvalue weighted by Gasteiger charge is -2.56. The van der Waals surface area contributed by atoms with Crippen LogP contribution in [-0.2, 0) is 29.1 Å². The van der Waals surface area contributed by atoms with E-state index in [1.807, 2.05) is 0 Å². The van der Waals surface area contributed by atoms with Crippen molar-refractivity contribution in [2.45, 2.75) is 55.8 Å². The van der Waals surface area contributed by atoms with Crippen LogP contribution in [0.4, 0.5) is 8.78 Å². The van der Waals surface area contributed by atoms with Crippen LogP contribution in [0.2, 0.25) is 0 Å². The van der Waals surface area contributed by atoms with Gasteiger partial charge in [0.15, 0.2) is 6.79 Å². The highest BCUT2D eigenvalue weighted by Gasteiger charge is 2.51. The zero-order valence-corrected chi connectivity index (χ0v) is 16.4. The van der Waals surface area contributed by atoms with Crippen molar-refractivity contribution in [2.75, 3.05) is 20.0 Å². The number of halogens is 2. The molecular formula is C18H26F2O7S. The minimum atomic E-state index is -5.49. The lowest BCUT2D eigenvalue weighted by Crippen LogP contribution is -2.52. The molecule has 28 heavy (non-hydrogen) atoms. The van der Waals surface area contributed by atoms with E-state index in [4.69, 9.17) is 18.8 Å². The lowest BCUT2D eigenvalue weighted by atomic mass is 9.54. The summed E-state index contributed by atoms with van der Waals surface area (Å²) in [6.07, 6.45) is 5.59. The summed E-state index contributed by atoms with van der Waals surface area (Å²) >= 11 is 0. The van der Waals surface area contributed by atoms with Gasteiger partial charge >= 0.3 is 21.3 Å². The maximum absolute atomic E-state index is 13.0. The van der Waals surface area contributed by atoms with Gasteiger partial charge < -0.3 is 14.2 Å². The van der Waals surface area contributed by atoms with Crippen LogP contribution < -0.4 is 0 Å². The summed E-state index contributed by atoms with van der Waals surface area (Å²) in [5.74, 6) is 1.34. The fourth-order valence-electron chi connectivity index (χ4n) is 5.09. The molecule has 0 aromatic heterocycles. The van der Waals surface area contributed by atoms with Gasteiger partial charge in [0.05, 0.1) is 30.8 Å². The summed E-state index contributed by atoms with van der Waals surface area (Å²) in [4.78, 5) is 11.9. The van der Waals surface area contributed by atoms with E-state index in [1.54, 1.807) is 0 Å². The molecule has 4 fully saturated rings. The lowest BCUT2D eigenvalue weighted by molar-refractivity contribution is -0.208. The highest BCUT2D eigenvalue weighted by Crippen LogP contribution is 2.57. The molecule has 0 spiro atoms.